The summed E-state index contributed by atoms with van der Waals surface area (Å²) >= 11 is 0. The minimum absolute atomic E-state index is 0.0202. The molecule has 2 heterocycles. The van der Waals surface area contributed by atoms with Crippen LogP contribution < -0.4 is 4.72 Å². The van der Waals surface area contributed by atoms with E-state index in [0.717, 1.165) is 12.8 Å². The van der Waals surface area contributed by atoms with Crippen molar-refractivity contribution in [3.8, 4) is 0 Å². The number of carbonyl (C=O) groups excluding carboxylic acids is 1. The lowest BCUT2D eigenvalue weighted by Crippen LogP contribution is -2.41. The van der Waals surface area contributed by atoms with Gasteiger partial charge in [0.15, 0.2) is 0 Å². The van der Waals surface area contributed by atoms with E-state index in [2.05, 4.69) is 9.71 Å². The molecule has 0 saturated carbocycles. The first-order valence-electron chi connectivity index (χ1n) is 8.28. The third kappa shape index (κ3) is 6.09. The molecule has 1 fully saturated rings. The number of nitrogens with zero attached hydrogens (tertiary/aromatic N) is 2. The number of pyridine rings is 1. The zero-order valence-electron chi connectivity index (χ0n) is 13.9. The van der Waals surface area contributed by atoms with Crippen LogP contribution in [0.15, 0.2) is 29.4 Å². The molecule has 0 aliphatic carbocycles. The fourth-order valence-electron chi connectivity index (χ4n) is 2.89. The highest BCUT2D eigenvalue weighted by Gasteiger charge is 2.24. The maximum absolute atomic E-state index is 12.3. The first kappa shape index (κ1) is 19.3. The number of carboxylic acid groups (broad SMARTS) is 1. The van der Waals surface area contributed by atoms with Crippen molar-refractivity contribution in [2.45, 2.75) is 37.0 Å². The fourth-order valence-corrected chi connectivity index (χ4v) is 3.89. The van der Waals surface area contributed by atoms with E-state index in [1.807, 2.05) is 0 Å². The molecule has 1 aromatic heterocycles. The molecule has 0 bridgehead atoms. The molecule has 1 aliphatic heterocycles. The zero-order chi connectivity index (χ0) is 18.3. The Hall–Kier alpha value is -2.00. The molecule has 1 aliphatic rings. The molecule has 1 aromatic rings. The molecular formula is C16H23N3O5S. The van der Waals surface area contributed by atoms with Gasteiger partial charge in [0.2, 0.25) is 15.9 Å². The Morgan fingerprint density at radius 1 is 1.36 bits per heavy atom. The van der Waals surface area contributed by atoms with Crippen molar-refractivity contribution in [3.05, 3.63) is 24.5 Å². The Morgan fingerprint density at radius 3 is 2.84 bits per heavy atom. The first-order chi connectivity index (χ1) is 11.9. The molecule has 1 saturated heterocycles. The molecule has 0 radical (unpaired) electrons. The van der Waals surface area contributed by atoms with Crippen LogP contribution in [0.1, 0.15) is 32.1 Å². The van der Waals surface area contributed by atoms with E-state index in [1.54, 1.807) is 4.90 Å². The zero-order valence-corrected chi connectivity index (χ0v) is 14.7. The highest BCUT2D eigenvalue weighted by Crippen LogP contribution is 2.21. The average molecular weight is 369 g/mol. The van der Waals surface area contributed by atoms with Crippen molar-refractivity contribution in [2.24, 2.45) is 5.92 Å². The van der Waals surface area contributed by atoms with Crippen LogP contribution in [0.3, 0.4) is 0 Å². The van der Waals surface area contributed by atoms with Gasteiger partial charge >= 0.3 is 5.97 Å². The fraction of sp³-hybridized carbons (Fsp3) is 0.562. The minimum atomic E-state index is -3.66. The van der Waals surface area contributed by atoms with Crippen molar-refractivity contribution in [2.75, 3.05) is 19.6 Å². The third-order valence-corrected chi connectivity index (χ3v) is 5.66. The second-order valence-corrected chi connectivity index (χ2v) is 7.88. The Morgan fingerprint density at radius 2 is 2.16 bits per heavy atom. The number of amides is 1. The molecule has 0 aromatic carbocycles. The minimum Gasteiger partial charge on any atom is -0.481 e. The molecule has 1 unspecified atom stereocenters. The normalized spacial score (nSPS) is 18.1. The maximum atomic E-state index is 12.3. The lowest BCUT2D eigenvalue weighted by molar-refractivity contribution is -0.137. The number of aromatic nitrogens is 1. The van der Waals surface area contributed by atoms with Crippen LogP contribution in [-0.4, -0.2) is 54.9 Å². The monoisotopic (exact) mass is 369 g/mol. The lowest BCUT2D eigenvalue weighted by Gasteiger charge is -2.32. The smallest absolute Gasteiger partial charge is 0.303 e. The van der Waals surface area contributed by atoms with Gasteiger partial charge in [0.25, 0.3) is 0 Å². The summed E-state index contributed by atoms with van der Waals surface area (Å²) in [5.74, 6) is -0.747. The summed E-state index contributed by atoms with van der Waals surface area (Å²) in [6.45, 7) is 1.20. The predicted octanol–water partition coefficient (Wildman–Crippen LogP) is 0.853. The van der Waals surface area contributed by atoms with Crippen molar-refractivity contribution in [1.82, 2.24) is 14.6 Å². The molecule has 8 nitrogen and oxygen atoms in total. The Kier molecular flexibility index (Phi) is 6.89. The van der Waals surface area contributed by atoms with Gasteiger partial charge in [-0.15, -0.1) is 0 Å². The van der Waals surface area contributed by atoms with E-state index in [9.17, 15) is 18.0 Å². The number of hydrogen-bond acceptors (Lipinski definition) is 5. The van der Waals surface area contributed by atoms with E-state index < -0.39 is 16.0 Å². The van der Waals surface area contributed by atoms with Gasteiger partial charge in [-0.05, 0) is 37.3 Å². The largest absolute Gasteiger partial charge is 0.481 e. The topological polar surface area (TPSA) is 117 Å². The van der Waals surface area contributed by atoms with Crippen LogP contribution in [0, 0.1) is 5.92 Å². The number of carboxylic acids is 1. The molecule has 25 heavy (non-hydrogen) atoms. The molecular weight excluding hydrogens is 346 g/mol. The van der Waals surface area contributed by atoms with E-state index in [0.29, 0.717) is 19.5 Å². The number of carbonyl (C=O) groups is 2. The van der Waals surface area contributed by atoms with Crippen molar-refractivity contribution in [1.29, 1.82) is 0 Å². The molecule has 138 valence electrons. The van der Waals surface area contributed by atoms with E-state index in [-0.39, 0.29) is 36.1 Å². The summed E-state index contributed by atoms with van der Waals surface area (Å²) in [7, 11) is -3.66. The summed E-state index contributed by atoms with van der Waals surface area (Å²) in [4.78, 5) is 28.5. The van der Waals surface area contributed by atoms with Crippen molar-refractivity contribution >= 4 is 21.9 Å². The van der Waals surface area contributed by atoms with Gasteiger partial charge in [-0.1, -0.05) is 0 Å². The Bertz CT molecular complexity index is 693. The van der Waals surface area contributed by atoms with Crippen LogP contribution in [0.4, 0.5) is 0 Å². The van der Waals surface area contributed by atoms with Crippen LogP contribution >= 0.6 is 0 Å². The summed E-state index contributed by atoms with van der Waals surface area (Å²) in [6, 6.07) is 2.97. The summed E-state index contributed by atoms with van der Waals surface area (Å²) in [5, 5.41) is 8.76. The average Bonchev–Trinajstić information content (AvgIpc) is 2.61. The van der Waals surface area contributed by atoms with Crippen LogP contribution in [-0.2, 0) is 19.6 Å². The second kappa shape index (κ2) is 8.91. The Balaban J connectivity index is 1.79. The number of aliphatic carboxylic acids is 1. The lowest BCUT2D eigenvalue weighted by atomic mass is 9.93. The molecule has 2 rings (SSSR count). The molecule has 0 spiro atoms. The molecule has 9 heteroatoms. The molecule has 1 atom stereocenters. The predicted molar refractivity (Wildman–Crippen MR) is 90.2 cm³/mol. The number of likely N-dealkylation sites (tertiary alicyclic amines) is 1. The number of hydrogen-bond donors (Lipinski definition) is 2. The number of piperidine rings is 1. The summed E-state index contributed by atoms with van der Waals surface area (Å²) in [5.41, 5.74) is 0. The highest BCUT2D eigenvalue weighted by atomic mass is 32.2. The van der Waals surface area contributed by atoms with E-state index in [1.165, 1.54) is 24.5 Å². The van der Waals surface area contributed by atoms with Crippen LogP contribution in [0.2, 0.25) is 0 Å². The Labute approximate surface area is 147 Å². The highest BCUT2D eigenvalue weighted by molar-refractivity contribution is 7.89. The number of sulfonamides is 1. The summed E-state index contributed by atoms with van der Waals surface area (Å²) in [6.07, 6.45) is 5.25. The van der Waals surface area contributed by atoms with Gasteiger partial charge in [0, 0.05) is 44.9 Å². The van der Waals surface area contributed by atoms with Gasteiger partial charge in [0.1, 0.15) is 4.90 Å². The van der Waals surface area contributed by atoms with E-state index >= 15 is 0 Å². The van der Waals surface area contributed by atoms with Gasteiger partial charge in [0.05, 0.1) is 0 Å². The van der Waals surface area contributed by atoms with Gasteiger partial charge < -0.3 is 10.0 Å². The molecule has 1 amide bonds. The summed E-state index contributed by atoms with van der Waals surface area (Å²) < 4.78 is 26.5. The van der Waals surface area contributed by atoms with Crippen molar-refractivity contribution in [3.63, 3.8) is 0 Å². The number of nitrogens with one attached hydrogen (secondary N) is 1. The maximum Gasteiger partial charge on any atom is 0.303 e. The van der Waals surface area contributed by atoms with Gasteiger partial charge in [-0.2, -0.15) is 0 Å². The van der Waals surface area contributed by atoms with Crippen LogP contribution in [0.25, 0.3) is 0 Å². The standard InChI is InChI=1S/C16H23N3O5S/c20-15(19-10-2-3-13(12-19)5-6-16(21)22)7-9-18-25(23,24)14-4-1-8-17-11-14/h1,4,8,11,13,18H,2-3,5-7,9-10,12H2,(H,21,22). The third-order valence-electron chi connectivity index (χ3n) is 4.21. The SMILES string of the molecule is O=C(O)CCC1CCCN(C(=O)CCNS(=O)(=O)c2cccnc2)C1. The van der Waals surface area contributed by atoms with E-state index in [4.69, 9.17) is 5.11 Å². The number of rotatable bonds is 8. The second-order valence-electron chi connectivity index (χ2n) is 6.12. The van der Waals surface area contributed by atoms with Gasteiger partial charge in [-0.25, -0.2) is 13.1 Å². The van der Waals surface area contributed by atoms with Crippen molar-refractivity contribution < 1.29 is 23.1 Å². The first-order valence-corrected chi connectivity index (χ1v) is 9.76. The molecule has 2 N–H and O–H groups in total. The van der Waals surface area contributed by atoms with Gasteiger partial charge in [-0.3, -0.25) is 14.6 Å². The van der Waals surface area contributed by atoms with Crippen LogP contribution in [0.5, 0.6) is 0 Å². The quantitative estimate of drug-likeness (QED) is 0.702.